The van der Waals surface area contributed by atoms with Crippen molar-refractivity contribution in [3.63, 3.8) is 0 Å². The Hall–Kier alpha value is -2.57. The molecular formula is C26H29ClN4OS. The van der Waals surface area contributed by atoms with Crippen LogP contribution in [0.15, 0.2) is 48.7 Å². The van der Waals surface area contributed by atoms with Crippen molar-refractivity contribution in [3.05, 3.63) is 76.3 Å². The third kappa shape index (κ3) is 3.89. The number of benzene rings is 1. The molecule has 1 saturated heterocycles. The Kier molecular flexibility index (Phi) is 6.06. The molecule has 172 valence electrons. The van der Waals surface area contributed by atoms with E-state index in [9.17, 15) is 0 Å². The zero-order chi connectivity index (χ0) is 23.1. The van der Waals surface area contributed by atoms with Gasteiger partial charge < -0.3 is 19.5 Å². The number of hydrogen-bond donors (Lipinski definition) is 1. The summed E-state index contributed by atoms with van der Waals surface area (Å²) < 4.78 is 7.91. The molecule has 1 aliphatic carbocycles. The molecular weight excluding hydrogens is 452 g/mol. The molecule has 2 fully saturated rings. The Bertz CT molecular complexity index is 1170. The summed E-state index contributed by atoms with van der Waals surface area (Å²) in [6.45, 7) is 4.47. The first-order chi connectivity index (χ1) is 16.0. The topological polar surface area (TPSA) is 42.3 Å². The number of thiocarbonyl (C=S) groups is 1. The first kappa shape index (κ1) is 22.2. The highest BCUT2D eigenvalue weighted by Gasteiger charge is 2.42. The maximum absolute atomic E-state index is 6.52. The monoisotopic (exact) mass is 480 g/mol. The van der Waals surface area contributed by atoms with E-state index in [0.29, 0.717) is 21.9 Å². The number of nitrogens with one attached hydrogen (secondary N) is 1. The smallest absolute Gasteiger partial charge is 0.174 e. The van der Waals surface area contributed by atoms with Crippen LogP contribution in [0.2, 0.25) is 5.02 Å². The molecule has 5 rings (SSSR count). The van der Waals surface area contributed by atoms with Gasteiger partial charge in [0.1, 0.15) is 5.75 Å². The lowest BCUT2D eigenvalue weighted by Crippen LogP contribution is -2.29. The van der Waals surface area contributed by atoms with E-state index < -0.39 is 0 Å². The van der Waals surface area contributed by atoms with Crippen LogP contribution in [0.4, 0.5) is 5.69 Å². The summed E-state index contributed by atoms with van der Waals surface area (Å²) in [4.78, 5) is 6.86. The molecule has 1 aliphatic heterocycles. The molecule has 2 aromatic heterocycles. The largest absolute Gasteiger partial charge is 0.495 e. The van der Waals surface area contributed by atoms with E-state index in [0.717, 1.165) is 11.4 Å². The molecule has 1 aromatic carbocycles. The first-order valence-corrected chi connectivity index (χ1v) is 12.3. The Morgan fingerprint density at radius 2 is 1.91 bits per heavy atom. The summed E-state index contributed by atoms with van der Waals surface area (Å²) >= 11 is 12.4. The van der Waals surface area contributed by atoms with E-state index in [2.05, 4.69) is 45.7 Å². The van der Waals surface area contributed by atoms with Crippen molar-refractivity contribution in [2.24, 2.45) is 0 Å². The van der Waals surface area contributed by atoms with Gasteiger partial charge in [-0.25, -0.2) is 0 Å². The lowest BCUT2D eigenvalue weighted by molar-refractivity contribution is 0.415. The van der Waals surface area contributed by atoms with Crippen molar-refractivity contribution < 1.29 is 4.74 Å². The van der Waals surface area contributed by atoms with Gasteiger partial charge in [-0.2, -0.15) is 0 Å². The van der Waals surface area contributed by atoms with E-state index in [1.807, 2.05) is 36.5 Å². The number of anilines is 1. The average molecular weight is 481 g/mol. The van der Waals surface area contributed by atoms with Crippen LogP contribution in [0, 0.1) is 13.8 Å². The molecule has 1 N–H and O–H groups in total. The maximum Gasteiger partial charge on any atom is 0.174 e. The van der Waals surface area contributed by atoms with Crippen molar-refractivity contribution in [1.82, 2.24) is 14.9 Å². The van der Waals surface area contributed by atoms with Gasteiger partial charge in [0, 0.05) is 29.3 Å². The van der Waals surface area contributed by atoms with Crippen LogP contribution in [0.25, 0.3) is 0 Å². The highest BCUT2D eigenvalue weighted by Crippen LogP contribution is 2.45. The zero-order valence-electron chi connectivity index (χ0n) is 19.2. The highest BCUT2D eigenvalue weighted by molar-refractivity contribution is 7.80. The Labute approximate surface area is 205 Å². The van der Waals surface area contributed by atoms with Gasteiger partial charge in [-0.05, 0) is 80.9 Å². The van der Waals surface area contributed by atoms with Gasteiger partial charge >= 0.3 is 0 Å². The summed E-state index contributed by atoms with van der Waals surface area (Å²) in [6, 6.07) is 14.7. The number of nitrogens with zero attached hydrogens (tertiary/aromatic N) is 3. The molecule has 2 atom stereocenters. The van der Waals surface area contributed by atoms with Gasteiger partial charge in [0.15, 0.2) is 5.11 Å². The second-order valence-corrected chi connectivity index (χ2v) is 9.74. The molecule has 3 heterocycles. The quantitative estimate of drug-likeness (QED) is 0.425. The van der Waals surface area contributed by atoms with Crippen LogP contribution in [0.1, 0.15) is 66.5 Å². The molecule has 0 amide bonds. The number of halogens is 1. The Balaban J connectivity index is 1.64. The SMILES string of the molecule is COc1ccc(N2C(=S)N[C@@H](c3ccccn3)[C@@H]2c2cc(C)n(C3CCCC3)c2C)cc1Cl. The van der Waals surface area contributed by atoms with Gasteiger partial charge in [0.25, 0.3) is 0 Å². The van der Waals surface area contributed by atoms with Crippen molar-refractivity contribution in [1.29, 1.82) is 0 Å². The minimum atomic E-state index is -0.0721. The summed E-state index contributed by atoms with van der Waals surface area (Å²) in [5.74, 6) is 0.649. The standard InChI is InChI=1S/C26H29ClN4OS/c1-16-14-20(17(2)30(16)18-8-4-5-9-18)25-24(22-10-6-7-13-28-22)29-26(33)31(25)19-11-12-23(32-3)21(27)15-19/h6-7,10-15,18,24-25H,4-5,8-9H2,1-3H3,(H,29,33)/t24-,25-/m0/s1. The summed E-state index contributed by atoms with van der Waals surface area (Å²) in [6.07, 6.45) is 6.95. The lowest BCUT2D eigenvalue weighted by Gasteiger charge is -2.29. The van der Waals surface area contributed by atoms with E-state index in [1.54, 1.807) is 7.11 Å². The first-order valence-electron chi connectivity index (χ1n) is 11.5. The van der Waals surface area contributed by atoms with E-state index in [-0.39, 0.29) is 12.1 Å². The van der Waals surface area contributed by atoms with E-state index in [1.165, 1.54) is 42.6 Å². The maximum atomic E-state index is 6.52. The molecule has 0 unspecified atom stereocenters. The normalized spacial score (nSPS) is 21.0. The van der Waals surface area contributed by atoms with Crippen LogP contribution >= 0.6 is 23.8 Å². The number of pyridine rings is 1. The summed E-state index contributed by atoms with van der Waals surface area (Å²) in [5.41, 5.74) is 5.79. The molecule has 33 heavy (non-hydrogen) atoms. The van der Waals surface area contributed by atoms with Gasteiger partial charge in [-0.15, -0.1) is 0 Å². The minimum Gasteiger partial charge on any atom is -0.495 e. The van der Waals surface area contributed by atoms with Gasteiger partial charge in [0.05, 0.1) is 29.9 Å². The average Bonchev–Trinajstić information content (AvgIpc) is 3.52. The zero-order valence-corrected chi connectivity index (χ0v) is 20.8. The Morgan fingerprint density at radius 1 is 1.12 bits per heavy atom. The van der Waals surface area contributed by atoms with Gasteiger partial charge in [0.2, 0.25) is 0 Å². The molecule has 0 spiro atoms. The Morgan fingerprint density at radius 3 is 2.58 bits per heavy atom. The highest BCUT2D eigenvalue weighted by atomic mass is 35.5. The number of methoxy groups -OCH3 is 1. The fourth-order valence-electron chi connectivity index (χ4n) is 5.58. The number of aryl methyl sites for hydroxylation is 1. The van der Waals surface area contributed by atoms with Crippen LogP contribution < -0.4 is 15.0 Å². The predicted molar refractivity (Wildman–Crippen MR) is 137 cm³/mol. The fourth-order valence-corrected chi connectivity index (χ4v) is 6.18. The molecule has 5 nitrogen and oxygen atoms in total. The number of aromatic nitrogens is 2. The second-order valence-electron chi connectivity index (χ2n) is 8.95. The molecule has 0 bridgehead atoms. The molecule has 0 radical (unpaired) electrons. The number of hydrogen-bond acceptors (Lipinski definition) is 3. The third-order valence-electron chi connectivity index (χ3n) is 7.04. The van der Waals surface area contributed by atoms with E-state index >= 15 is 0 Å². The van der Waals surface area contributed by atoms with Gasteiger partial charge in [-0.1, -0.05) is 30.5 Å². The van der Waals surface area contributed by atoms with Crippen LogP contribution in [0.3, 0.4) is 0 Å². The lowest BCUT2D eigenvalue weighted by atomic mass is 9.96. The fraction of sp³-hybridized carbons (Fsp3) is 0.385. The van der Waals surface area contributed by atoms with Crippen LogP contribution in [-0.2, 0) is 0 Å². The third-order valence-corrected chi connectivity index (χ3v) is 7.65. The number of rotatable bonds is 5. The molecule has 7 heteroatoms. The van der Waals surface area contributed by atoms with Crippen molar-refractivity contribution in [3.8, 4) is 5.75 Å². The molecule has 3 aromatic rings. The predicted octanol–water partition coefficient (Wildman–Crippen LogP) is 6.45. The minimum absolute atomic E-state index is 0.0433. The second kappa shape index (κ2) is 8.99. The van der Waals surface area contributed by atoms with Crippen LogP contribution in [-0.4, -0.2) is 21.8 Å². The van der Waals surface area contributed by atoms with Crippen molar-refractivity contribution in [2.45, 2.75) is 57.7 Å². The van der Waals surface area contributed by atoms with Gasteiger partial charge in [-0.3, -0.25) is 4.98 Å². The van der Waals surface area contributed by atoms with Crippen molar-refractivity contribution >= 4 is 34.6 Å². The number of ether oxygens (including phenoxy) is 1. The molecule has 2 aliphatic rings. The summed E-state index contributed by atoms with van der Waals surface area (Å²) in [5, 5.41) is 4.79. The summed E-state index contributed by atoms with van der Waals surface area (Å²) in [7, 11) is 1.63. The molecule has 1 saturated carbocycles. The van der Waals surface area contributed by atoms with Crippen molar-refractivity contribution in [2.75, 3.05) is 12.0 Å². The van der Waals surface area contributed by atoms with Crippen LogP contribution in [0.5, 0.6) is 5.75 Å². The van der Waals surface area contributed by atoms with E-state index in [4.69, 9.17) is 28.6 Å².